The van der Waals surface area contributed by atoms with Crippen molar-refractivity contribution in [1.82, 2.24) is 9.97 Å². The lowest BCUT2D eigenvalue weighted by Gasteiger charge is -2.39. The Balaban J connectivity index is 1.96. The van der Waals surface area contributed by atoms with Gasteiger partial charge in [-0.05, 0) is 32.0 Å². The number of hydrogen-bond donors (Lipinski definition) is 2. The standard InChI is InChI=1S/C18H18Cl2FN5O2/c1-8-9(2)28-17(22)26-18(8,3)15-12(21)4-5-13(24-15)25-16(27)14-11(20)6-10(19)7-23-14/h4-9H,1-3H3,(H2,22,26)(H,24,25,27)/t8-,9?,18-/m1/s1. The summed E-state index contributed by atoms with van der Waals surface area (Å²) in [6.07, 6.45) is 1.01. The molecular formula is C18H18Cl2FN5O2. The summed E-state index contributed by atoms with van der Waals surface area (Å²) in [6.45, 7) is 5.41. The maximum Gasteiger partial charge on any atom is 0.283 e. The van der Waals surface area contributed by atoms with Crippen LogP contribution in [0.15, 0.2) is 29.4 Å². The number of pyridine rings is 2. The Hall–Kier alpha value is -2.45. The summed E-state index contributed by atoms with van der Waals surface area (Å²) in [4.78, 5) is 24.9. The molecule has 3 rings (SSSR count). The topological polar surface area (TPSA) is 102 Å². The van der Waals surface area contributed by atoms with E-state index in [0.29, 0.717) is 5.02 Å². The fourth-order valence-electron chi connectivity index (χ4n) is 3.00. The first kappa shape index (κ1) is 20.3. The Bertz CT molecular complexity index is 971. The number of rotatable bonds is 3. The van der Waals surface area contributed by atoms with E-state index in [1.807, 2.05) is 13.8 Å². The molecule has 0 bridgehead atoms. The lowest BCUT2D eigenvalue weighted by molar-refractivity contribution is 0.0684. The second-order valence-corrected chi connectivity index (χ2v) is 7.52. The minimum absolute atomic E-state index is 0.0275. The van der Waals surface area contributed by atoms with Crippen LogP contribution in [0.1, 0.15) is 37.0 Å². The predicted molar refractivity (Wildman–Crippen MR) is 105 cm³/mol. The number of nitrogens with two attached hydrogens (primary N) is 1. The number of hydrogen-bond acceptors (Lipinski definition) is 6. The van der Waals surface area contributed by atoms with Gasteiger partial charge in [0.25, 0.3) is 11.9 Å². The number of ether oxygens (including phenoxy) is 1. The fraction of sp³-hybridized carbons (Fsp3) is 0.333. The van der Waals surface area contributed by atoms with Crippen molar-refractivity contribution in [3.8, 4) is 0 Å². The highest BCUT2D eigenvalue weighted by Crippen LogP contribution is 2.39. The molecule has 0 aliphatic carbocycles. The van der Waals surface area contributed by atoms with Crippen molar-refractivity contribution in [2.75, 3.05) is 5.32 Å². The van der Waals surface area contributed by atoms with Crippen LogP contribution in [0.5, 0.6) is 0 Å². The number of carbonyl (C=O) groups is 1. The molecule has 0 radical (unpaired) electrons. The third-order valence-corrected chi connectivity index (χ3v) is 5.32. The highest BCUT2D eigenvalue weighted by molar-refractivity contribution is 6.36. The number of nitrogens with one attached hydrogen (secondary N) is 1. The van der Waals surface area contributed by atoms with Crippen molar-refractivity contribution in [1.29, 1.82) is 0 Å². The van der Waals surface area contributed by atoms with Crippen LogP contribution in [0.2, 0.25) is 10.0 Å². The smallest absolute Gasteiger partial charge is 0.283 e. The third-order valence-electron chi connectivity index (χ3n) is 4.83. The van der Waals surface area contributed by atoms with Crippen molar-refractivity contribution in [2.24, 2.45) is 16.6 Å². The summed E-state index contributed by atoms with van der Waals surface area (Å²) in [6, 6.07) is 3.90. The van der Waals surface area contributed by atoms with Gasteiger partial charge in [0.15, 0.2) is 0 Å². The summed E-state index contributed by atoms with van der Waals surface area (Å²) in [5, 5.41) is 2.95. The van der Waals surface area contributed by atoms with Gasteiger partial charge in [-0.15, -0.1) is 0 Å². The third kappa shape index (κ3) is 3.74. The Morgan fingerprint density at radius 1 is 1.36 bits per heavy atom. The molecule has 3 heterocycles. The van der Waals surface area contributed by atoms with E-state index < -0.39 is 17.3 Å². The number of aromatic nitrogens is 2. The quantitative estimate of drug-likeness (QED) is 0.778. The van der Waals surface area contributed by atoms with Gasteiger partial charge in [0.1, 0.15) is 34.7 Å². The second-order valence-electron chi connectivity index (χ2n) is 6.67. The molecule has 1 aliphatic rings. The molecule has 0 saturated heterocycles. The van der Waals surface area contributed by atoms with E-state index >= 15 is 0 Å². The van der Waals surface area contributed by atoms with E-state index in [-0.39, 0.29) is 40.3 Å². The molecule has 1 unspecified atom stereocenters. The monoisotopic (exact) mass is 425 g/mol. The van der Waals surface area contributed by atoms with Crippen molar-refractivity contribution < 1.29 is 13.9 Å². The zero-order chi connectivity index (χ0) is 20.6. The van der Waals surface area contributed by atoms with Crippen molar-refractivity contribution in [3.05, 3.63) is 51.6 Å². The van der Waals surface area contributed by atoms with Gasteiger partial charge >= 0.3 is 0 Å². The zero-order valence-corrected chi connectivity index (χ0v) is 16.8. The summed E-state index contributed by atoms with van der Waals surface area (Å²) < 4.78 is 20.0. The first-order chi connectivity index (χ1) is 13.1. The van der Waals surface area contributed by atoms with Crippen LogP contribution in [0.25, 0.3) is 0 Å². The Kier molecular flexibility index (Phi) is 5.45. The zero-order valence-electron chi connectivity index (χ0n) is 15.3. The summed E-state index contributed by atoms with van der Waals surface area (Å²) >= 11 is 11.8. The molecule has 3 atom stereocenters. The van der Waals surface area contributed by atoms with E-state index in [2.05, 4.69) is 20.3 Å². The first-order valence-corrected chi connectivity index (χ1v) is 9.19. The average Bonchev–Trinajstić information content (AvgIpc) is 2.61. The van der Waals surface area contributed by atoms with Crippen molar-refractivity contribution in [2.45, 2.75) is 32.4 Å². The minimum atomic E-state index is -1.07. The Morgan fingerprint density at radius 3 is 2.75 bits per heavy atom. The van der Waals surface area contributed by atoms with E-state index in [4.69, 9.17) is 33.7 Å². The lowest BCUT2D eigenvalue weighted by atomic mass is 9.80. The molecule has 0 fully saturated rings. The minimum Gasteiger partial charge on any atom is -0.462 e. The summed E-state index contributed by atoms with van der Waals surface area (Å²) in [7, 11) is 0. The predicted octanol–water partition coefficient (Wildman–Crippen LogP) is 3.76. The van der Waals surface area contributed by atoms with Crippen LogP contribution in [0.4, 0.5) is 10.2 Å². The number of anilines is 1. The molecule has 0 spiro atoms. The molecule has 28 heavy (non-hydrogen) atoms. The van der Waals surface area contributed by atoms with Gasteiger partial charge in [0, 0.05) is 12.1 Å². The number of nitrogens with zero attached hydrogens (tertiary/aromatic N) is 3. The van der Waals surface area contributed by atoms with Crippen molar-refractivity contribution in [3.63, 3.8) is 0 Å². The maximum absolute atomic E-state index is 14.6. The molecule has 1 aliphatic heterocycles. The number of amidine groups is 1. The molecule has 0 saturated carbocycles. The second kappa shape index (κ2) is 7.52. The van der Waals surface area contributed by atoms with Crippen molar-refractivity contribution >= 4 is 40.9 Å². The Labute approximate surface area is 171 Å². The van der Waals surface area contributed by atoms with Gasteiger partial charge in [0.2, 0.25) is 0 Å². The molecule has 0 aromatic carbocycles. The maximum atomic E-state index is 14.6. The molecule has 2 aromatic rings. The van der Waals surface area contributed by atoms with E-state index in [0.717, 1.165) is 0 Å². The van der Waals surface area contributed by atoms with Crippen LogP contribution in [0, 0.1) is 11.7 Å². The van der Waals surface area contributed by atoms with Crippen LogP contribution in [-0.4, -0.2) is 28.0 Å². The normalized spacial score (nSPS) is 24.3. The summed E-state index contributed by atoms with van der Waals surface area (Å²) in [5.74, 6) is -1.27. The van der Waals surface area contributed by atoms with Gasteiger partial charge in [-0.3, -0.25) is 4.79 Å². The highest BCUT2D eigenvalue weighted by atomic mass is 35.5. The van der Waals surface area contributed by atoms with Gasteiger partial charge in [0.05, 0.1) is 10.0 Å². The fourth-order valence-corrected chi connectivity index (χ4v) is 3.47. The largest absolute Gasteiger partial charge is 0.462 e. The molecular weight excluding hydrogens is 408 g/mol. The molecule has 3 N–H and O–H groups in total. The molecule has 2 aromatic heterocycles. The molecule has 1 amide bonds. The van der Waals surface area contributed by atoms with Crippen LogP contribution in [0.3, 0.4) is 0 Å². The lowest BCUT2D eigenvalue weighted by Crippen LogP contribution is -2.46. The molecule has 148 valence electrons. The van der Waals surface area contributed by atoms with Crippen LogP contribution in [-0.2, 0) is 10.3 Å². The van der Waals surface area contributed by atoms with Crippen LogP contribution < -0.4 is 11.1 Å². The van der Waals surface area contributed by atoms with E-state index in [1.54, 1.807) is 6.92 Å². The first-order valence-electron chi connectivity index (χ1n) is 8.43. The van der Waals surface area contributed by atoms with E-state index in [9.17, 15) is 9.18 Å². The van der Waals surface area contributed by atoms with Crippen LogP contribution >= 0.6 is 23.2 Å². The Morgan fingerprint density at radius 2 is 2.07 bits per heavy atom. The number of halogens is 3. The highest BCUT2D eigenvalue weighted by Gasteiger charge is 2.44. The number of carbonyl (C=O) groups excluding carboxylic acids is 1. The van der Waals surface area contributed by atoms with Gasteiger partial charge in [-0.25, -0.2) is 19.4 Å². The number of amides is 1. The van der Waals surface area contributed by atoms with Gasteiger partial charge in [-0.1, -0.05) is 30.1 Å². The molecule has 10 heteroatoms. The van der Waals surface area contributed by atoms with E-state index in [1.165, 1.54) is 24.4 Å². The van der Waals surface area contributed by atoms with Gasteiger partial charge < -0.3 is 15.8 Å². The molecule has 7 nitrogen and oxygen atoms in total. The average molecular weight is 426 g/mol. The summed E-state index contributed by atoms with van der Waals surface area (Å²) in [5.41, 5.74) is 4.70. The van der Waals surface area contributed by atoms with Gasteiger partial charge in [-0.2, -0.15) is 0 Å². The SMILES string of the molecule is CC1OC(N)=N[C@@](C)(c2nc(NC(=O)c3ncc(Cl)cc3Cl)ccc2F)[C@@H]1C. The number of aliphatic imine (C=N–C) groups is 1.